The molecule has 0 radical (unpaired) electrons. The molecule has 1 saturated heterocycles. The van der Waals surface area contributed by atoms with Crippen molar-refractivity contribution in [2.24, 2.45) is 0 Å². The molecule has 1 aromatic heterocycles. The average molecular weight is 566 g/mol. The van der Waals surface area contributed by atoms with Crippen LogP contribution in [0.5, 0.6) is 0 Å². The quantitative estimate of drug-likeness (QED) is 0.291. The maximum Gasteiger partial charge on any atom is 0.254 e. The molecule has 0 aliphatic carbocycles. The summed E-state index contributed by atoms with van der Waals surface area (Å²) in [7, 11) is 0. The lowest BCUT2D eigenvalue weighted by molar-refractivity contribution is 0.0791. The number of nitrogens with one attached hydrogen (secondary N) is 2. The van der Waals surface area contributed by atoms with Gasteiger partial charge in [-0.25, -0.2) is 4.98 Å². The highest BCUT2D eigenvalue weighted by Crippen LogP contribution is 2.24. The second-order valence-electron chi connectivity index (χ2n) is 9.17. The Labute approximate surface area is 223 Å². The van der Waals surface area contributed by atoms with Crippen molar-refractivity contribution in [2.45, 2.75) is 32.2 Å². The number of aromatic nitrogens is 2. The molecule has 1 aliphatic rings. The van der Waals surface area contributed by atoms with Gasteiger partial charge in [0.2, 0.25) is 0 Å². The lowest BCUT2D eigenvalue weighted by Crippen LogP contribution is -2.31. The largest absolute Gasteiger partial charge is 0.342 e. The standard InChI is InChI=1S/C28H26BrClN4O2/c1-17-13-19(7-9-22(17)28(36)34-11-2-3-12-34)27(35)33-25(15-18-5-4-6-20(29)14-18)26-31-23-10-8-21(30)16-24(23)32-26/h4-10,13-14,16,25H,2-3,11-12,15H2,1H3,(H,31,32)(H,33,35). The first-order valence-corrected chi connectivity index (χ1v) is 13.1. The molecule has 0 spiro atoms. The molecule has 184 valence electrons. The molecule has 5 rings (SSSR count). The Hall–Kier alpha value is -3.16. The van der Waals surface area contributed by atoms with Crippen molar-refractivity contribution >= 4 is 50.4 Å². The minimum Gasteiger partial charge on any atom is -0.342 e. The predicted octanol–water partition coefficient (Wildman–Crippen LogP) is 6.24. The lowest BCUT2D eigenvalue weighted by Gasteiger charge is -2.19. The summed E-state index contributed by atoms with van der Waals surface area (Å²) in [4.78, 5) is 36.1. The first-order valence-electron chi connectivity index (χ1n) is 12.0. The number of rotatable bonds is 6. The fraction of sp³-hybridized carbons (Fsp3) is 0.250. The molecular weight excluding hydrogens is 540 g/mol. The van der Waals surface area contributed by atoms with E-state index >= 15 is 0 Å². The highest BCUT2D eigenvalue weighted by atomic mass is 79.9. The normalized spacial score (nSPS) is 14.2. The van der Waals surface area contributed by atoms with Crippen molar-refractivity contribution < 1.29 is 9.59 Å². The zero-order chi connectivity index (χ0) is 25.2. The van der Waals surface area contributed by atoms with Gasteiger partial charge in [-0.3, -0.25) is 9.59 Å². The summed E-state index contributed by atoms with van der Waals surface area (Å²) in [5.41, 5.74) is 4.59. The van der Waals surface area contributed by atoms with Crippen LogP contribution < -0.4 is 5.32 Å². The lowest BCUT2D eigenvalue weighted by atomic mass is 10.0. The smallest absolute Gasteiger partial charge is 0.254 e. The number of benzene rings is 3. The van der Waals surface area contributed by atoms with Gasteiger partial charge >= 0.3 is 0 Å². The summed E-state index contributed by atoms with van der Waals surface area (Å²) in [6.45, 7) is 3.46. The van der Waals surface area contributed by atoms with Crippen LogP contribution >= 0.6 is 27.5 Å². The van der Waals surface area contributed by atoms with Gasteiger partial charge in [0.25, 0.3) is 11.8 Å². The SMILES string of the molecule is Cc1cc(C(=O)NC(Cc2cccc(Br)c2)c2nc3ccc(Cl)cc3[nH]2)ccc1C(=O)N1CCCC1. The number of aryl methyl sites for hydroxylation is 1. The van der Waals surface area contributed by atoms with E-state index in [9.17, 15) is 9.59 Å². The number of carbonyl (C=O) groups is 2. The van der Waals surface area contributed by atoms with Crippen LogP contribution in [0.4, 0.5) is 0 Å². The third-order valence-corrected chi connectivity index (χ3v) is 7.27. The van der Waals surface area contributed by atoms with Gasteiger partial charge < -0.3 is 15.2 Å². The van der Waals surface area contributed by atoms with E-state index < -0.39 is 6.04 Å². The van der Waals surface area contributed by atoms with Gasteiger partial charge in [0.1, 0.15) is 5.82 Å². The summed E-state index contributed by atoms with van der Waals surface area (Å²) in [6.07, 6.45) is 2.63. The molecule has 1 atom stereocenters. The van der Waals surface area contributed by atoms with Gasteiger partial charge in [-0.05, 0) is 85.8 Å². The maximum absolute atomic E-state index is 13.4. The van der Waals surface area contributed by atoms with Gasteiger partial charge in [0.05, 0.1) is 17.1 Å². The van der Waals surface area contributed by atoms with Crippen LogP contribution in [0.25, 0.3) is 11.0 Å². The third-order valence-electron chi connectivity index (χ3n) is 6.54. The van der Waals surface area contributed by atoms with Crippen LogP contribution in [-0.2, 0) is 6.42 Å². The van der Waals surface area contributed by atoms with E-state index in [1.54, 1.807) is 24.3 Å². The molecular formula is C28H26BrClN4O2. The molecule has 1 unspecified atom stereocenters. The van der Waals surface area contributed by atoms with Gasteiger partial charge in [0, 0.05) is 33.7 Å². The number of carbonyl (C=O) groups excluding carboxylic acids is 2. The molecule has 0 bridgehead atoms. The molecule has 2 amide bonds. The molecule has 1 aliphatic heterocycles. The topological polar surface area (TPSA) is 78.1 Å². The van der Waals surface area contributed by atoms with E-state index in [0.29, 0.717) is 28.4 Å². The zero-order valence-corrected chi connectivity index (χ0v) is 22.2. The molecule has 1 fully saturated rings. The van der Waals surface area contributed by atoms with Crippen molar-refractivity contribution in [1.29, 1.82) is 0 Å². The number of halogens is 2. The second-order valence-corrected chi connectivity index (χ2v) is 10.5. The van der Waals surface area contributed by atoms with Crippen molar-refractivity contribution in [3.05, 3.63) is 98.2 Å². The Balaban J connectivity index is 1.41. The monoisotopic (exact) mass is 564 g/mol. The molecule has 8 heteroatoms. The Kier molecular flexibility index (Phi) is 7.12. The number of H-pyrrole nitrogens is 1. The summed E-state index contributed by atoms with van der Waals surface area (Å²) in [5, 5.41) is 3.76. The number of hydrogen-bond donors (Lipinski definition) is 2. The summed E-state index contributed by atoms with van der Waals surface area (Å²) in [5.74, 6) is 0.459. The predicted molar refractivity (Wildman–Crippen MR) is 145 cm³/mol. The number of amides is 2. The Morgan fingerprint density at radius 1 is 1.11 bits per heavy atom. The molecule has 3 aromatic carbocycles. The summed E-state index contributed by atoms with van der Waals surface area (Å²) < 4.78 is 0.968. The number of imidazole rings is 1. The van der Waals surface area contributed by atoms with Crippen molar-refractivity contribution in [3.63, 3.8) is 0 Å². The molecule has 0 saturated carbocycles. The minimum atomic E-state index is -0.399. The van der Waals surface area contributed by atoms with E-state index in [-0.39, 0.29) is 11.8 Å². The van der Waals surface area contributed by atoms with E-state index in [2.05, 4.69) is 26.2 Å². The van der Waals surface area contributed by atoms with Crippen LogP contribution in [0, 0.1) is 6.92 Å². The highest BCUT2D eigenvalue weighted by Gasteiger charge is 2.23. The Morgan fingerprint density at radius 3 is 2.67 bits per heavy atom. The molecule has 2 heterocycles. The van der Waals surface area contributed by atoms with Crippen molar-refractivity contribution in [3.8, 4) is 0 Å². The summed E-state index contributed by atoms with van der Waals surface area (Å²) in [6, 6.07) is 18.3. The van der Waals surface area contributed by atoms with Gasteiger partial charge in [-0.15, -0.1) is 0 Å². The minimum absolute atomic E-state index is 0.0328. The second kappa shape index (κ2) is 10.4. The number of fused-ring (bicyclic) bond motifs is 1. The maximum atomic E-state index is 13.4. The van der Waals surface area contributed by atoms with Crippen LogP contribution in [-0.4, -0.2) is 39.8 Å². The van der Waals surface area contributed by atoms with Gasteiger partial charge in [0.15, 0.2) is 0 Å². The van der Waals surface area contributed by atoms with Crippen LogP contribution in [0.15, 0.2) is 65.1 Å². The van der Waals surface area contributed by atoms with Crippen LogP contribution in [0.1, 0.15) is 56.6 Å². The van der Waals surface area contributed by atoms with Gasteiger partial charge in [-0.1, -0.05) is 39.7 Å². The van der Waals surface area contributed by atoms with Crippen molar-refractivity contribution in [1.82, 2.24) is 20.2 Å². The van der Waals surface area contributed by atoms with Crippen molar-refractivity contribution in [2.75, 3.05) is 13.1 Å². The number of likely N-dealkylation sites (tertiary alicyclic amines) is 1. The number of aromatic amines is 1. The van der Waals surface area contributed by atoms with Crippen LogP contribution in [0.3, 0.4) is 0 Å². The molecule has 6 nitrogen and oxygen atoms in total. The first kappa shape index (κ1) is 24.5. The molecule has 4 aromatic rings. The number of hydrogen-bond acceptors (Lipinski definition) is 3. The first-order chi connectivity index (χ1) is 17.4. The molecule has 2 N–H and O–H groups in total. The third kappa shape index (κ3) is 5.32. The molecule has 36 heavy (non-hydrogen) atoms. The zero-order valence-electron chi connectivity index (χ0n) is 19.9. The fourth-order valence-corrected chi connectivity index (χ4v) is 5.28. The van der Waals surface area contributed by atoms with Gasteiger partial charge in [-0.2, -0.15) is 0 Å². The van der Waals surface area contributed by atoms with E-state index in [1.807, 2.05) is 48.2 Å². The van der Waals surface area contributed by atoms with E-state index in [0.717, 1.165) is 52.6 Å². The fourth-order valence-electron chi connectivity index (χ4n) is 4.66. The Morgan fingerprint density at radius 2 is 1.92 bits per heavy atom. The Bertz CT molecular complexity index is 1440. The van der Waals surface area contributed by atoms with E-state index in [4.69, 9.17) is 16.6 Å². The number of nitrogens with zero attached hydrogens (tertiary/aromatic N) is 2. The summed E-state index contributed by atoms with van der Waals surface area (Å²) >= 11 is 9.69. The highest BCUT2D eigenvalue weighted by molar-refractivity contribution is 9.10. The average Bonchev–Trinajstić information content (AvgIpc) is 3.53. The van der Waals surface area contributed by atoms with E-state index in [1.165, 1.54) is 0 Å². The van der Waals surface area contributed by atoms with Crippen LogP contribution in [0.2, 0.25) is 5.02 Å².